The van der Waals surface area contributed by atoms with Gasteiger partial charge in [-0.1, -0.05) is 12.1 Å². The topological polar surface area (TPSA) is 73.9 Å². The zero-order chi connectivity index (χ0) is 17.6. The van der Waals surface area contributed by atoms with E-state index in [1.807, 2.05) is 13.8 Å². The molecule has 6 nitrogen and oxygen atoms in total. The summed E-state index contributed by atoms with van der Waals surface area (Å²) in [5.74, 6) is 0.109. The van der Waals surface area contributed by atoms with Crippen molar-refractivity contribution in [2.75, 3.05) is 7.11 Å². The Morgan fingerprint density at radius 3 is 2.09 bits per heavy atom. The van der Waals surface area contributed by atoms with Gasteiger partial charge < -0.3 is 19.5 Å². The molecule has 0 aliphatic rings. The smallest absolute Gasteiger partial charge is 0.408 e. The van der Waals surface area contributed by atoms with Gasteiger partial charge in [-0.15, -0.1) is 0 Å². The van der Waals surface area contributed by atoms with Crippen LogP contribution < -0.4 is 10.1 Å². The van der Waals surface area contributed by atoms with Crippen LogP contribution in [0.1, 0.15) is 46.2 Å². The van der Waals surface area contributed by atoms with Crippen LogP contribution in [0.3, 0.4) is 0 Å². The normalized spacial score (nSPS) is 12.5. The number of ether oxygens (including phenoxy) is 3. The Bertz CT molecular complexity index is 531. The molecule has 0 aliphatic carbocycles. The zero-order valence-corrected chi connectivity index (χ0v) is 14.5. The maximum Gasteiger partial charge on any atom is 0.408 e. The van der Waals surface area contributed by atoms with Gasteiger partial charge in [-0.2, -0.15) is 0 Å². The highest BCUT2D eigenvalue weighted by Gasteiger charge is 2.26. The monoisotopic (exact) mass is 323 g/mol. The largest absolute Gasteiger partial charge is 0.491 e. The third-order valence-corrected chi connectivity index (χ3v) is 2.68. The molecule has 0 heterocycles. The summed E-state index contributed by atoms with van der Waals surface area (Å²) in [7, 11) is 1.27. The van der Waals surface area contributed by atoms with Crippen molar-refractivity contribution in [3.63, 3.8) is 0 Å². The average molecular weight is 323 g/mol. The number of methoxy groups -OCH3 is 1. The first-order chi connectivity index (χ1) is 10.6. The average Bonchev–Trinajstić information content (AvgIpc) is 2.42. The number of hydrogen-bond donors (Lipinski definition) is 1. The molecule has 0 aromatic heterocycles. The summed E-state index contributed by atoms with van der Waals surface area (Å²) in [6.07, 6.45) is -0.632. The molecule has 1 N–H and O–H groups in total. The lowest BCUT2D eigenvalue weighted by Crippen LogP contribution is -2.38. The number of amides is 1. The second-order valence-corrected chi connectivity index (χ2v) is 6.34. The van der Waals surface area contributed by atoms with E-state index in [1.165, 1.54) is 7.11 Å². The highest BCUT2D eigenvalue weighted by molar-refractivity contribution is 5.82. The van der Waals surface area contributed by atoms with Crippen LogP contribution in [0.2, 0.25) is 0 Å². The van der Waals surface area contributed by atoms with Gasteiger partial charge in [0.25, 0.3) is 0 Å². The minimum absolute atomic E-state index is 0.0529. The van der Waals surface area contributed by atoms with Crippen LogP contribution in [0.25, 0.3) is 0 Å². The van der Waals surface area contributed by atoms with Crippen molar-refractivity contribution in [3.05, 3.63) is 29.8 Å². The molecule has 1 atom stereocenters. The van der Waals surface area contributed by atoms with Gasteiger partial charge in [-0.25, -0.2) is 9.59 Å². The number of nitrogens with one attached hydrogen (secondary N) is 1. The predicted molar refractivity (Wildman–Crippen MR) is 86.3 cm³/mol. The second-order valence-electron chi connectivity index (χ2n) is 6.34. The van der Waals surface area contributed by atoms with E-state index in [0.29, 0.717) is 11.3 Å². The van der Waals surface area contributed by atoms with Gasteiger partial charge in [-0.3, -0.25) is 0 Å². The van der Waals surface area contributed by atoms with Crippen LogP contribution in [-0.2, 0) is 14.3 Å². The lowest BCUT2D eigenvalue weighted by atomic mass is 10.1. The first kappa shape index (κ1) is 18.8. The minimum Gasteiger partial charge on any atom is -0.491 e. The van der Waals surface area contributed by atoms with Gasteiger partial charge in [0.15, 0.2) is 6.04 Å². The van der Waals surface area contributed by atoms with Crippen LogP contribution in [0.4, 0.5) is 4.79 Å². The minimum atomic E-state index is -0.942. The zero-order valence-electron chi connectivity index (χ0n) is 14.5. The first-order valence-corrected chi connectivity index (χ1v) is 7.46. The molecule has 1 amide bonds. The van der Waals surface area contributed by atoms with E-state index < -0.39 is 23.7 Å². The maximum absolute atomic E-state index is 12.0. The predicted octanol–water partition coefficient (Wildman–Crippen LogP) is 3.21. The van der Waals surface area contributed by atoms with E-state index in [2.05, 4.69) is 5.32 Å². The number of carbonyl (C=O) groups excluding carboxylic acids is 2. The molecule has 0 fully saturated rings. The maximum atomic E-state index is 12.0. The van der Waals surface area contributed by atoms with E-state index in [9.17, 15) is 9.59 Å². The van der Waals surface area contributed by atoms with E-state index in [-0.39, 0.29) is 6.10 Å². The highest BCUT2D eigenvalue weighted by Crippen LogP contribution is 2.20. The summed E-state index contributed by atoms with van der Waals surface area (Å²) < 4.78 is 15.5. The van der Waals surface area contributed by atoms with E-state index >= 15 is 0 Å². The number of rotatable bonds is 5. The molecular formula is C17H25NO5. The Morgan fingerprint density at radius 2 is 1.65 bits per heavy atom. The number of alkyl carbamates (subject to hydrolysis) is 1. The van der Waals surface area contributed by atoms with Gasteiger partial charge in [-0.05, 0) is 52.3 Å². The fourth-order valence-corrected chi connectivity index (χ4v) is 1.83. The number of hydrogen-bond acceptors (Lipinski definition) is 5. The van der Waals surface area contributed by atoms with E-state index in [0.717, 1.165) is 0 Å². The molecule has 0 aliphatic heterocycles. The first-order valence-electron chi connectivity index (χ1n) is 7.46. The molecule has 0 saturated heterocycles. The highest BCUT2D eigenvalue weighted by atomic mass is 16.6. The molecule has 0 spiro atoms. The van der Waals surface area contributed by atoms with Crippen LogP contribution in [0, 0.1) is 0 Å². The van der Waals surface area contributed by atoms with Crippen molar-refractivity contribution in [1.29, 1.82) is 0 Å². The van der Waals surface area contributed by atoms with Crippen molar-refractivity contribution >= 4 is 12.1 Å². The van der Waals surface area contributed by atoms with Gasteiger partial charge in [0.05, 0.1) is 13.2 Å². The number of carbonyl (C=O) groups is 2. The summed E-state index contributed by atoms with van der Waals surface area (Å²) in [5.41, 5.74) is -0.0708. The van der Waals surface area contributed by atoms with Crippen molar-refractivity contribution < 1.29 is 23.8 Å². The fraction of sp³-hybridized carbons (Fsp3) is 0.529. The van der Waals surface area contributed by atoms with E-state index in [4.69, 9.17) is 14.2 Å². The Labute approximate surface area is 137 Å². The third kappa shape index (κ3) is 6.59. The molecule has 0 unspecified atom stereocenters. The van der Waals surface area contributed by atoms with Crippen LogP contribution in [0.15, 0.2) is 24.3 Å². The fourth-order valence-electron chi connectivity index (χ4n) is 1.83. The summed E-state index contributed by atoms with van der Waals surface area (Å²) in [4.78, 5) is 23.9. The van der Waals surface area contributed by atoms with Gasteiger partial charge in [0.2, 0.25) is 0 Å². The molecule has 6 heteroatoms. The van der Waals surface area contributed by atoms with Crippen molar-refractivity contribution in [1.82, 2.24) is 5.32 Å². The second kappa shape index (κ2) is 7.85. The number of benzene rings is 1. The summed E-state index contributed by atoms with van der Waals surface area (Å²) >= 11 is 0. The Balaban J connectivity index is 2.90. The molecule has 0 bridgehead atoms. The van der Waals surface area contributed by atoms with Gasteiger partial charge in [0.1, 0.15) is 11.4 Å². The molecule has 1 rings (SSSR count). The molecule has 0 saturated carbocycles. The SMILES string of the molecule is COC(=O)[C@H](NC(=O)OC(C)(C)C)c1ccc(OC(C)C)cc1. The van der Waals surface area contributed by atoms with Crippen molar-refractivity contribution in [2.45, 2.75) is 52.4 Å². The van der Waals surface area contributed by atoms with Crippen LogP contribution in [0.5, 0.6) is 5.75 Å². The summed E-state index contributed by atoms with van der Waals surface area (Å²) in [6, 6.07) is 5.94. The Hall–Kier alpha value is -2.24. The van der Waals surface area contributed by atoms with Crippen molar-refractivity contribution in [2.24, 2.45) is 0 Å². The third-order valence-electron chi connectivity index (χ3n) is 2.68. The van der Waals surface area contributed by atoms with Gasteiger partial charge in [0, 0.05) is 0 Å². The Kier molecular flexibility index (Phi) is 6.42. The molecule has 1 aromatic carbocycles. The summed E-state index contributed by atoms with van der Waals surface area (Å²) in [6.45, 7) is 9.10. The molecule has 128 valence electrons. The van der Waals surface area contributed by atoms with Crippen LogP contribution >= 0.6 is 0 Å². The standard InChI is InChI=1S/C17H25NO5/c1-11(2)22-13-9-7-12(8-10-13)14(15(19)21-6)18-16(20)23-17(3,4)5/h7-11,14H,1-6H3,(H,18,20)/t14-/m1/s1. The lowest BCUT2D eigenvalue weighted by molar-refractivity contribution is -0.143. The lowest BCUT2D eigenvalue weighted by Gasteiger charge is -2.23. The Morgan fingerprint density at radius 1 is 1.09 bits per heavy atom. The molecule has 1 aromatic rings. The molecule has 0 radical (unpaired) electrons. The molecular weight excluding hydrogens is 298 g/mol. The quantitative estimate of drug-likeness (QED) is 0.842. The van der Waals surface area contributed by atoms with Gasteiger partial charge >= 0.3 is 12.1 Å². The molecule has 23 heavy (non-hydrogen) atoms. The number of esters is 1. The van der Waals surface area contributed by atoms with E-state index in [1.54, 1.807) is 45.0 Å². The van der Waals surface area contributed by atoms with Crippen molar-refractivity contribution in [3.8, 4) is 5.75 Å². The van der Waals surface area contributed by atoms with Crippen LogP contribution in [-0.4, -0.2) is 30.9 Å². The summed E-state index contributed by atoms with van der Waals surface area (Å²) in [5, 5.41) is 2.52.